The minimum atomic E-state index is 0.855. The number of allylic oxidation sites excluding steroid dienone is 2. The maximum atomic E-state index is 4.33. The monoisotopic (exact) mass is 163 g/mol. The summed E-state index contributed by atoms with van der Waals surface area (Å²) in [4.78, 5) is 4.33. The zero-order valence-electron chi connectivity index (χ0n) is 7.53. The number of nitrogens with zero attached hydrogens (tertiary/aromatic N) is 2. The molecule has 0 saturated heterocycles. The molecule has 0 fully saturated rings. The van der Waals surface area contributed by atoms with E-state index in [0.29, 0.717) is 0 Å². The number of hydrogen-bond donors (Lipinski definition) is 0. The van der Waals surface area contributed by atoms with E-state index in [0.717, 1.165) is 12.4 Å². The molecule has 0 aromatic heterocycles. The molecule has 0 atom stereocenters. The first-order chi connectivity index (χ1) is 5.93. The lowest BCUT2D eigenvalue weighted by molar-refractivity contribution is 0.727. The molecule has 0 aromatic rings. The Labute approximate surface area is 74.1 Å². The van der Waals surface area contributed by atoms with E-state index in [1.165, 1.54) is 19.3 Å². The summed E-state index contributed by atoms with van der Waals surface area (Å²) in [7, 11) is 0. The molecule has 1 heterocycles. The van der Waals surface area contributed by atoms with Gasteiger partial charge in [-0.2, -0.15) is 0 Å². The van der Waals surface area contributed by atoms with Crippen LogP contribution in [0, 0.1) is 0 Å². The van der Waals surface area contributed by atoms with E-state index in [9.17, 15) is 0 Å². The van der Waals surface area contributed by atoms with Gasteiger partial charge in [0.05, 0.1) is 0 Å². The van der Waals surface area contributed by atoms with Gasteiger partial charge in [-0.05, 0) is 18.6 Å². The zero-order valence-corrected chi connectivity index (χ0v) is 7.53. The second-order valence-corrected chi connectivity index (χ2v) is 2.78. The second-order valence-electron chi connectivity index (χ2n) is 2.78. The fourth-order valence-electron chi connectivity index (χ4n) is 1.00. The molecule has 0 saturated carbocycles. The molecule has 1 aliphatic rings. The van der Waals surface area contributed by atoms with Crippen LogP contribution in [0.1, 0.15) is 26.2 Å². The topological polar surface area (TPSA) is 26.5 Å². The lowest BCUT2D eigenvalue weighted by Gasteiger charge is -2.00. The molecule has 0 unspecified atom stereocenters. The van der Waals surface area contributed by atoms with Crippen LogP contribution in [0.4, 0.5) is 0 Å². The molecule has 2 heteroatoms. The van der Waals surface area contributed by atoms with Gasteiger partial charge in [-0.15, -0.1) is 0 Å². The molecular formula is C10H15N2. The van der Waals surface area contributed by atoms with Gasteiger partial charge in [-0.1, -0.05) is 25.8 Å². The summed E-state index contributed by atoms with van der Waals surface area (Å²) in [6, 6.07) is 0. The number of unbranched alkanes of at least 4 members (excludes halogenated alkanes) is 2. The van der Waals surface area contributed by atoms with Gasteiger partial charge in [0, 0.05) is 12.7 Å². The first kappa shape index (κ1) is 9.04. The third-order valence-electron chi connectivity index (χ3n) is 1.68. The Hall–Kier alpha value is -1.05. The molecular weight excluding hydrogens is 148 g/mol. The van der Waals surface area contributed by atoms with E-state index in [-0.39, 0.29) is 0 Å². The Morgan fingerprint density at radius 2 is 2.25 bits per heavy atom. The molecule has 0 N–H and O–H groups in total. The number of amidine groups is 1. The number of hydrogen-bond acceptors (Lipinski definition) is 1. The first-order valence-electron chi connectivity index (χ1n) is 4.52. The molecule has 1 radical (unpaired) electrons. The van der Waals surface area contributed by atoms with Crippen molar-refractivity contribution in [1.29, 1.82) is 0 Å². The van der Waals surface area contributed by atoms with Gasteiger partial charge >= 0.3 is 0 Å². The normalized spacial score (nSPS) is 18.2. The van der Waals surface area contributed by atoms with Crippen LogP contribution in [-0.2, 0) is 0 Å². The molecule has 0 amide bonds. The van der Waals surface area contributed by atoms with Crippen molar-refractivity contribution in [2.45, 2.75) is 26.2 Å². The van der Waals surface area contributed by atoms with Gasteiger partial charge in [-0.25, -0.2) is 5.32 Å². The Morgan fingerprint density at radius 3 is 2.92 bits per heavy atom. The van der Waals surface area contributed by atoms with E-state index in [1.807, 2.05) is 18.2 Å². The lowest BCUT2D eigenvalue weighted by atomic mass is 10.2. The highest BCUT2D eigenvalue weighted by Crippen LogP contribution is 1.96. The van der Waals surface area contributed by atoms with E-state index >= 15 is 0 Å². The first-order valence-corrected chi connectivity index (χ1v) is 4.52. The summed E-state index contributed by atoms with van der Waals surface area (Å²) in [5.41, 5.74) is 0. The third kappa shape index (κ3) is 3.37. The highest BCUT2D eigenvalue weighted by Gasteiger charge is 1.94. The molecule has 1 rings (SSSR count). The average molecular weight is 163 g/mol. The molecule has 2 nitrogen and oxygen atoms in total. The van der Waals surface area contributed by atoms with Crippen LogP contribution in [0.2, 0.25) is 0 Å². The van der Waals surface area contributed by atoms with Gasteiger partial charge in [0.25, 0.3) is 0 Å². The fraction of sp³-hybridized carbons (Fsp3) is 0.500. The molecule has 1 aliphatic heterocycles. The van der Waals surface area contributed by atoms with Gasteiger partial charge in [0.2, 0.25) is 0 Å². The van der Waals surface area contributed by atoms with Crippen LogP contribution < -0.4 is 5.32 Å². The maximum Gasteiger partial charge on any atom is 0.147 e. The Kier molecular flexibility index (Phi) is 4.21. The summed E-state index contributed by atoms with van der Waals surface area (Å²) in [5, 5.41) is 4.11. The molecule has 0 spiro atoms. The predicted octanol–water partition coefficient (Wildman–Crippen LogP) is 2.26. The molecule has 0 aliphatic carbocycles. The Bertz CT molecular complexity index is 202. The SMILES string of the molecule is CCCCC/N=C1/C=CC=C[N]1. The van der Waals surface area contributed by atoms with Crippen LogP contribution in [0.5, 0.6) is 0 Å². The smallest absolute Gasteiger partial charge is 0.147 e. The van der Waals surface area contributed by atoms with Gasteiger partial charge in [0.15, 0.2) is 0 Å². The third-order valence-corrected chi connectivity index (χ3v) is 1.68. The lowest BCUT2D eigenvalue weighted by Crippen LogP contribution is -2.09. The summed E-state index contributed by atoms with van der Waals surface area (Å²) >= 11 is 0. The predicted molar refractivity (Wildman–Crippen MR) is 52.2 cm³/mol. The van der Waals surface area contributed by atoms with Crippen molar-refractivity contribution in [2.75, 3.05) is 6.54 Å². The molecule has 12 heavy (non-hydrogen) atoms. The van der Waals surface area contributed by atoms with Crippen molar-refractivity contribution >= 4 is 5.84 Å². The van der Waals surface area contributed by atoms with Crippen LogP contribution in [0.3, 0.4) is 0 Å². The van der Waals surface area contributed by atoms with Gasteiger partial charge in [-0.3, -0.25) is 4.99 Å². The molecule has 65 valence electrons. The quantitative estimate of drug-likeness (QED) is 0.568. The minimum Gasteiger partial charge on any atom is -0.267 e. The van der Waals surface area contributed by atoms with Gasteiger partial charge in [0.1, 0.15) is 5.84 Å². The number of rotatable bonds is 4. The zero-order chi connectivity index (χ0) is 8.65. The fourth-order valence-corrected chi connectivity index (χ4v) is 1.00. The van der Waals surface area contributed by atoms with Crippen molar-refractivity contribution in [3.8, 4) is 0 Å². The van der Waals surface area contributed by atoms with Crippen molar-refractivity contribution < 1.29 is 0 Å². The van der Waals surface area contributed by atoms with Crippen molar-refractivity contribution in [3.05, 3.63) is 24.4 Å². The largest absolute Gasteiger partial charge is 0.267 e. The number of aliphatic imine (C=N–C) groups is 1. The molecule has 0 aromatic carbocycles. The van der Waals surface area contributed by atoms with Crippen LogP contribution in [-0.4, -0.2) is 12.4 Å². The molecule has 0 bridgehead atoms. The summed E-state index contributed by atoms with van der Waals surface area (Å²) in [6.07, 6.45) is 11.3. The summed E-state index contributed by atoms with van der Waals surface area (Å²) in [5.74, 6) is 0.855. The van der Waals surface area contributed by atoms with Crippen molar-refractivity contribution in [1.82, 2.24) is 5.32 Å². The summed E-state index contributed by atoms with van der Waals surface area (Å²) < 4.78 is 0. The maximum absolute atomic E-state index is 4.33. The minimum absolute atomic E-state index is 0.855. The second kappa shape index (κ2) is 5.58. The van der Waals surface area contributed by atoms with Crippen molar-refractivity contribution in [3.63, 3.8) is 0 Å². The highest BCUT2D eigenvalue weighted by molar-refractivity contribution is 5.94. The van der Waals surface area contributed by atoms with Crippen LogP contribution >= 0.6 is 0 Å². The van der Waals surface area contributed by atoms with Crippen molar-refractivity contribution in [2.24, 2.45) is 4.99 Å². The summed E-state index contributed by atoms with van der Waals surface area (Å²) in [6.45, 7) is 3.10. The average Bonchev–Trinajstić information content (AvgIpc) is 2.14. The van der Waals surface area contributed by atoms with E-state index in [4.69, 9.17) is 0 Å². The van der Waals surface area contributed by atoms with Gasteiger partial charge < -0.3 is 0 Å². The Balaban J connectivity index is 2.18. The standard InChI is InChI=1S/C10H15N2/c1-2-3-5-8-11-10-7-4-6-9-12-10/h4,6-7,9H,2-3,5,8H2,1H3/b11-10-. The van der Waals surface area contributed by atoms with E-state index in [2.05, 4.69) is 17.2 Å². The van der Waals surface area contributed by atoms with E-state index in [1.54, 1.807) is 6.20 Å². The van der Waals surface area contributed by atoms with E-state index < -0.39 is 0 Å². The Morgan fingerprint density at radius 1 is 1.33 bits per heavy atom. The highest BCUT2D eigenvalue weighted by atomic mass is 15.0. The van der Waals surface area contributed by atoms with Crippen LogP contribution in [0.25, 0.3) is 0 Å². The van der Waals surface area contributed by atoms with Crippen LogP contribution in [0.15, 0.2) is 29.4 Å².